The van der Waals surface area contributed by atoms with Gasteiger partial charge in [0.15, 0.2) is 0 Å². The van der Waals surface area contributed by atoms with E-state index < -0.39 is 0 Å². The number of nitrogens with one attached hydrogen (secondary N) is 1. The van der Waals surface area contributed by atoms with Crippen LogP contribution in [-0.2, 0) is 9.53 Å². The van der Waals surface area contributed by atoms with E-state index in [1.807, 2.05) is 0 Å². The van der Waals surface area contributed by atoms with Crippen molar-refractivity contribution in [3.63, 3.8) is 0 Å². The molecule has 0 aliphatic carbocycles. The summed E-state index contributed by atoms with van der Waals surface area (Å²) in [6.07, 6.45) is 0. The van der Waals surface area contributed by atoms with E-state index in [1.165, 1.54) is 0 Å². The fraction of sp³-hybridized carbons (Fsp3) is 0.875. The van der Waals surface area contributed by atoms with Crippen LogP contribution in [0.3, 0.4) is 0 Å². The molecule has 7 heteroatoms. The first-order valence-electron chi connectivity index (χ1n) is 4.90. The number of nitrogens with zero attached hydrogens (tertiary/aromatic N) is 4. The largest absolute Gasteiger partial charge is 0.379 e. The molecule has 1 aliphatic rings. The van der Waals surface area contributed by atoms with E-state index in [4.69, 9.17) is 10.3 Å². The molecule has 15 heavy (non-hydrogen) atoms. The fourth-order valence-electron chi connectivity index (χ4n) is 1.33. The number of amides is 1. The van der Waals surface area contributed by atoms with Crippen molar-refractivity contribution < 1.29 is 9.53 Å². The molecular weight excluding hydrogens is 198 g/mol. The van der Waals surface area contributed by atoms with E-state index >= 15 is 0 Å². The zero-order chi connectivity index (χ0) is 10.9. The molecule has 0 spiro atoms. The Kier molecular flexibility index (Phi) is 5.54. The number of carbonyl (C=O) groups is 1. The van der Waals surface area contributed by atoms with Crippen molar-refractivity contribution in [3.8, 4) is 0 Å². The second-order valence-corrected chi connectivity index (χ2v) is 3.19. The van der Waals surface area contributed by atoms with Gasteiger partial charge >= 0.3 is 0 Å². The normalized spacial score (nSPS) is 16.8. The number of ether oxygens (including phenoxy) is 1. The summed E-state index contributed by atoms with van der Waals surface area (Å²) in [5, 5.41) is 5.85. The van der Waals surface area contributed by atoms with Crippen molar-refractivity contribution in [2.75, 3.05) is 45.9 Å². The average Bonchev–Trinajstić information content (AvgIpc) is 2.28. The average molecular weight is 213 g/mol. The highest BCUT2D eigenvalue weighted by Gasteiger charge is 2.09. The molecule has 1 amide bonds. The van der Waals surface area contributed by atoms with Gasteiger partial charge in [-0.3, -0.25) is 9.69 Å². The summed E-state index contributed by atoms with van der Waals surface area (Å²) >= 11 is 0. The van der Waals surface area contributed by atoms with Gasteiger partial charge in [0, 0.05) is 31.1 Å². The standard InChI is InChI=1S/C8H15N5O2/c9-12-11-7-8(14)10-1-2-13-3-5-15-6-4-13/h1-7H2,(H,10,14). The van der Waals surface area contributed by atoms with Gasteiger partial charge in [-0.25, -0.2) is 0 Å². The maximum Gasteiger partial charge on any atom is 0.225 e. The number of hydrogen-bond donors (Lipinski definition) is 1. The van der Waals surface area contributed by atoms with Crippen LogP contribution in [0.4, 0.5) is 0 Å². The Labute approximate surface area is 88.0 Å². The monoisotopic (exact) mass is 213 g/mol. The van der Waals surface area contributed by atoms with Crippen LogP contribution >= 0.6 is 0 Å². The van der Waals surface area contributed by atoms with E-state index in [-0.39, 0.29) is 12.5 Å². The van der Waals surface area contributed by atoms with Crippen LogP contribution < -0.4 is 5.32 Å². The predicted molar refractivity (Wildman–Crippen MR) is 54.3 cm³/mol. The number of morpholine rings is 1. The molecule has 0 aromatic carbocycles. The third-order valence-electron chi connectivity index (χ3n) is 2.13. The number of carbonyl (C=O) groups excluding carboxylic acids is 1. The van der Waals surface area contributed by atoms with Crippen molar-refractivity contribution in [2.45, 2.75) is 0 Å². The first-order chi connectivity index (χ1) is 7.33. The molecule has 1 heterocycles. The summed E-state index contributed by atoms with van der Waals surface area (Å²) in [5.41, 5.74) is 8.00. The highest BCUT2D eigenvalue weighted by Crippen LogP contribution is 1.94. The van der Waals surface area contributed by atoms with Crippen molar-refractivity contribution in [3.05, 3.63) is 10.4 Å². The van der Waals surface area contributed by atoms with Gasteiger partial charge in [0.25, 0.3) is 0 Å². The Morgan fingerprint density at radius 3 is 2.93 bits per heavy atom. The summed E-state index contributed by atoms with van der Waals surface area (Å²) in [6, 6.07) is 0. The first-order valence-corrected chi connectivity index (χ1v) is 4.90. The molecule has 0 aromatic heterocycles. The Morgan fingerprint density at radius 2 is 2.27 bits per heavy atom. The minimum atomic E-state index is -0.235. The van der Waals surface area contributed by atoms with E-state index in [0.29, 0.717) is 6.54 Å². The van der Waals surface area contributed by atoms with Crippen molar-refractivity contribution in [1.29, 1.82) is 0 Å². The van der Waals surface area contributed by atoms with Crippen LogP contribution in [0, 0.1) is 0 Å². The molecule has 0 radical (unpaired) electrons. The number of rotatable bonds is 5. The Hall–Kier alpha value is -1.30. The molecule has 1 saturated heterocycles. The lowest BCUT2D eigenvalue weighted by Gasteiger charge is -2.26. The Morgan fingerprint density at radius 1 is 1.53 bits per heavy atom. The van der Waals surface area contributed by atoms with Gasteiger partial charge in [-0.1, -0.05) is 5.11 Å². The highest BCUT2D eigenvalue weighted by molar-refractivity contribution is 5.78. The summed E-state index contributed by atoms with van der Waals surface area (Å²) in [7, 11) is 0. The minimum absolute atomic E-state index is 0.125. The molecule has 0 saturated carbocycles. The summed E-state index contributed by atoms with van der Waals surface area (Å²) < 4.78 is 5.20. The minimum Gasteiger partial charge on any atom is -0.379 e. The predicted octanol–water partition coefficient (Wildman–Crippen LogP) is -0.255. The lowest BCUT2D eigenvalue weighted by Crippen LogP contribution is -2.41. The van der Waals surface area contributed by atoms with Crippen molar-refractivity contribution in [1.82, 2.24) is 10.2 Å². The summed E-state index contributed by atoms with van der Waals surface area (Å²) in [5.74, 6) is -0.235. The Bertz CT molecular complexity index is 245. The molecule has 0 unspecified atom stereocenters. The molecule has 1 aliphatic heterocycles. The van der Waals surface area contributed by atoms with E-state index in [2.05, 4.69) is 20.2 Å². The van der Waals surface area contributed by atoms with Crippen LogP contribution in [-0.4, -0.2) is 56.7 Å². The van der Waals surface area contributed by atoms with E-state index in [0.717, 1.165) is 32.8 Å². The topological polar surface area (TPSA) is 90.3 Å². The van der Waals surface area contributed by atoms with Crippen LogP contribution in [0.2, 0.25) is 0 Å². The van der Waals surface area contributed by atoms with Crippen LogP contribution in [0.15, 0.2) is 5.11 Å². The van der Waals surface area contributed by atoms with Crippen molar-refractivity contribution in [2.24, 2.45) is 5.11 Å². The first kappa shape index (κ1) is 11.8. The van der Waals surface area contributed by atoms with Crippen LogP contribution in [0.5, 0.6) is 0 Å². The van der Waals surface area contributed by atoms with Gasteiger partial charge in [0.1, 0.15) is 6.54 Å². The lowest BCUT2D eigenvalue weighted by molar-refractivity contribution is -0.119. The zero-order valence-corrected chi connectivity index (χ0v) is 8.56. The molecule has 0 aromatic rings. The highest BCUT2D eigenvalue weighted by atomic mass is 16.5. The molecule has 0 atom stereocenters. The maximum atomic E-state index is 11.0. The zero-order valence-electron chi connectivity index (χ0n) is 8.56. The molecule has 84 valence electrons. The smallest absolute Gasteiger partial charge is 0.225 e. The van der Waals surface area contributed by atoms with Gasteiger partial charge in [0.05, 0.1) is 13.2 Å². The second kappa shape index (κ2) is 7.05. The lowest BCUT2D eigenvalue weighted by atomic mass is 10.4. The Balaban J connectivity index is 2.04. The third kappa shape index (κ3) is 5.21. The molecule has 1 rings (SSSR count). The SMILES string of the molecule is [N-]=[N+]=NCC(=O)NCCN1CCOCC1. The van der Waals surface area contributed by atoms with Gasteiger partial charge in [-0.2, -0.15) is 0 Å². The van der Waals surface area contributed by atoms with Crippen molar-refractivity contribution >= 4 is 5.91 Å². The second-order valence-electron chi connectivity index (χ2n) is 3.19. The molecule has 1 fully saturated rings. The quantitative estimate of drug-likeness (QED) is 0.387. The summed E-state index contributed by atoms with van der Waals surface area (Å²) in [4.78, 5) is 15.8. The molecular formula is C8H15N5O2. The van der Waals surface area contributed by atoms with Crippen LogP contribution in [0.1, 0.15) is 0 Å². The third-order valence-corrected chi connectivity index (χ3v) is 2.13. The van der Waals surface area contributed by atoms with Gasteiger partial charge in [-0.05, 0) is 5.53 Å². The fourth-order valence-corrected chi connectivity index (χ4v) is 1.33. The van der Waals surface area contributed by atoms with Gasteiger partial charge < -0.3 is 10.1 Å². The molecule has 0 bridgehead atoms. The maximum absolute atomic E-state index is 11.0. The van der Waals surface area contributed by atoms with Gasteiger partial charge in [0.2, 0.25) is 5.91 Å². The summed E-state index contributed by atoms with van der Waals surface area (Å²) in [6.45, 7) is 4.60. The molecule has 1 N–H and O–H groups in total. The van der Waals surface area contributed by atoms with E-state index in [1.54, 1.807) is 0 Å². The number of azide groups is 1. The molecule has 7 nitrogen and oxygen atoms in total. The van der Waals surface area contributed by atoms with E-state index in [9.17, 15) is 4.79 Å². The number of hydrogen-bond acceptors (Lipinski definition) is 4. The van der Waals surface area contributed by atoms with Gasteiger partial charge in [-0.15, -0.1) is 0 Å². The van der Waals surface area contributed by atoms with Crippen LogP contribution in [0.25, 0.3) is 10.4 Å².